The molecule has 19 heavy (non-hydrogen) atoms. The van der Waals surface area contributed by atoms with E-state index < -0.39 is 0 Å². The van der Waals surface area contributed by atoms with Crippen LogP contribution in [-0.2, 0) is 0 Å². The highest BCUT2D eigenvalue weighted by atomic mass is 16.5. The molecule has 0 aliphatic rings. The van der Waals surface area contributed by atoms with Crippen LogP contribution in [0.1, 0.15) is 33.6 Å². The van der Waals surface area contributed by atoms with E-state index in [4.69, 9.17) is 9.47 Å². The highest BCUT2D eigenvalue weighted by Crippen LogP contribution is 2.31. The number of methoxy groups -OCH3 is 1. The van der Waals surface area contributed by atoms with Crippen LogP contribution in [0.4, 0.5) is 0 Å². The number of hydrogen-bond acceptors (Lipinski definition) is 2. The molecule has 0 amide bonds. The second-order valence-electron chi connectivity index (χ2n) is 5.09. The van der Waals surface area contributed by atoms with Crippen molar-refractivity contribution >= 4 is 0 Å². The molecule has 1 aromatic carbocycles. The zero-order chi connectivity index (χ0) is 14.3. The third-order valence-corrected chi connectivity index (χ3v) is 3.04. The minimum Gasteiger partial charge on any atom is -0.493 e. The second kappa shape index (κ2) is 7.03. The Balaban J connectivity index is 2.79. The summed E-state index contributed by atoms with van der Waals surface area (Å²) in [7, 11) is 1.65. The van der Waals surface area contributed by atoms with Gasteiger partial charge in [-0.25, -0.2) is 0 Å². The summed E-state index contributed by atoms with van der Waals surface area (Å²) in [5.41, 5.74) is 0.935. The first kappa shape index (κ1) is 15.4. The van der Waals surface area contributed by atoms with Crippen molar-refractivity contribution in [1.82, 2.24) is 0 Å². The van der Waals surface area contributed by atoms with Crippen molar-refractivity contribution in [2.24, 2.45) is 0 Å². The molecular formula is C17H24O2. The van der Waals surface area contributed by atoms with E-state index >= 15 is 0 Å². The molecule has 0 fully saturated rings. The largest absolute Gasteiger partial charge is 0.493 e. The molecule has 0 saturated carbocycles. The fourth-order valence-corrected chi connectivity index (χ4v) is 1.80. The van der Waals surface area contributed by atoms with E-state index in [0.29, 0.717) is 0 Å². The van der Waals surface area contributed by atoms with Crippen LogP contribution in [0.5, 0.6) is 11.5 Å². The van der Waals surface area contributed by atoms with Crippen molar-refractivity contribution in [3.8, 4) is 11.5 Å². The Morgan fingerprint density at radius 1 is 1.26 bits per heavy atom. The molecule has 0 radical (unpaired) electrons. The van der Waals surface area contributed by atoms with Crippen LogP contribution < -0.4 is 9.47 Å². The lowest BCUT2D eigenvalue weighted by Gasteiger charge is -2.28. The molecule has 1 aromatic rings. The number of ether oxygens (including phenoxy) is 2. The molecule has 104 valence electrons. The molecule has 0 saturated heterocycles. The number of para-hydroxylation sites is 2. The predicted molar refractivity (Wildman–Crippen MR) is 80.9 cm³/mol. The Bertz CT molecular complexity index is 444. The van der Waals surface area contributed by atoms with E-state index in [1.54, 1.807) is 7.11 Å². The van der Waals surface area contributed by atoms with Crippen LogP contribution in [0, 0.1) is 0 Å². The third kappa shape index (κ3) is 4.82. The summed E-state index contributed by atoms with van der Waals surface area (Å²) in [6.07, 6.45) is 5.94. The van der Waals surface area contributed by atoms with Gasteiger partial charge in [0.05, 0.1) is 7.11 Å². The van der Waals surface area contributed by atoms with Gasteiger partial charge in [-0.15, -0.1) is 0 Å². The maximum absolute atomic E-state index is 6.08. The third-order valence-electron chi connectivity index (χ3n) is 3.04. The molecule has 0 aliphatic heterocycles. The lowest BCUT2D eigenvalue weighted by Crippen LogP contribution is -2.29. The zero-order valence-electron chi connectivity index (χ0n) is 12.4. The number of allylic oxidation sites excluding steroid dienone is 2. The summed E-state index contributed by atoms with van der Waals surface area (Å²) in [6, 6.07) is 7.69. The lowest BCUT2D eigenvalue weighted by molar-refractivity contribution is 0.126. The van der Waals surface area contributed by atoms with Crippen LogP contribution in [0.25, 0.3) is 0 Å². The Morgan fingerprint density at radius 3 is 2.42 bits per heavy atom. The van der Waals surface area contributed by atoms with Gasteiger partial charge in [0.2, 0.25) is 0 Å². The Labute approximate surface area is 116 Å². The van der Waals surface area contributed by atoms with Gasteiger partial charge in [0.15, 0.2) is 11.5 Å². The first-order valence-electron chi connectivity index (χ1n) is 6.60. The normalized spacial score (nSPS) is 13.3. The Morgan fingerprint density at radius 2 is 1.89 bits per heavy atom. The maximum Gasteiger partial charge on any atom is 0.162 e. The maximum atomic E-state index is 6.08. The number of benzene rings is 1. The second-order valence-corrected chi connectivity index (χ2v) is 5.09. The first-order valence-corrected chi connectivity index (χ1v) is 6.60. The molecule has 0 aliphatic carbocycles. The van der Waals surface area contributed by atoms with E-state index in [1.165, 1.54) is 5.57 Å². The number of hydrogen-bond donors (Lipinski definition) is 0. The van der Waals surface area contributed by atoms with Crippen LogP contribution in [0.3, 0.4) is 0 Å². The number of rotatable bonds is 7. The Kier molecular flexibility index (Phi) is 5.68. The molecule has 0 N–H and O–H groups in total. The van der Waals surface area contributed by atoms with Gasteiger partial charge in [-0.05, 0) is 51.8 Å². The Hall–Kier alpha value is -1.70. The highest BCUT2D eigenvalue weighted by Gasteiger charge is 2.22. The highest BCUT2D eigenvalue weighted by molar-refractivity contribution is 5.40. The molecular weight excluding hydrogens is 236 g/mol. The topological polar surface area (TPSA) is 18.5 Å². The lowest BCUT2D eigenvalue weighted by atomic mass is 9.99. The van der Waals surface area contributed by atoms with E-state index in [0.717, 1.165) is 24.3 Å². The van der Waals surface area contributed by atoms with Gasteiger partial charge in [-0.1, -0.05) is 30.4 Å². The van der Waals surface area contributed by atoms with E-state index in [2.05, 4.69) is 26.5 Å². The van der Waals surface area contributed by atoms with Gasteiger partial charge in [0.1, 0.15) is 5.60 Å². The van der Waals surface area contributed by atoms with Crippen LogP contribution in [-0.4, -0.2) is 12.7 Å². The van der Waals surface area contributed by atoms with Gasteiger partial charge < -0.3 is 9.47 Å². The summed E-state index contributed by atoms with van der Waals surface area (Å²) in [4.78, 5) is 0. The van der Waals surface area contributed by atoms with Crippen molar-refractivity contribution in [2.75, 3.05) is 7.11 Å². The van der Waals surface area contributed by atoms with Crippen LogP contribution in [0.15, 0.2) is 48.6 Å². The van der Waals surface area contributed by atoms with Gasteiger partial charge in [0.25, 0.3) is 0 Å². The van der Waals surface area contributed by atoms with Crippen LogP contribution >= 0.6 is 0 Å². The fourth-order valence-electron chi connectivity index (χ4n) is 1.80. The summed E-state index contributed by atoms with van der Waals surface area (Å²) in [6.45, 7) is 10.1. The molecule has 0 heterocycles. The smallest absolute Gasteiger partial charge is 0.162 e. The molecule has 0 bridgehead atoms. The summed E-state index contributed by atoms with van der Waals surface area (Å²) >= 11 is 0. The van der Waals surface area contributed by atoms with Gasteiger partial charge in [-0.3, -0.25) is 0 Å². The summed E-state index contributed by atoms with van der Waals surface area (Å²) in [5, 5.41) is 0. The van der Waals surface area contributed by atoms with Gasteiger partial charge >= 0.3 is 0 Å². The molecule has 2 heteroatoms. The van der Waals surface area contributed by atoms with Crippen molar-refractivity contribution in [1.29, 1.82) is 0 Å². The van der Waals surface area contributed by atoms with E-state index in [1.807, 2.05) is 37.3 Å². The SMILES string of the molecule is C=CC(C)(CCC=C(C)C)Oc1ccccc1OC. The monoisotopic (exact) mass is 260 g/mol. The molecule has 2 nitrogen and oxygen atoms in total. The van der Waals surface area contributed by atoms with E-state index in [9.17, 15) is 0 Å². The summed E-state index contributed by atoms with van der Waals surface area (Å²) in [5.74, 6) is 1.50. The standard InChI is InChI=1S/C17H24O2/c1-6-17(4,13-9-10-14(2)3)19-16-12-8-7-11-15(16)18-5/h6-8,10-12H,1,9,13H2,2-5H3. The average Bonchev–Trinajstić information content (AvgIpc) is 2.39. The summed E-state index contributed by atoms with van der Waals surface area (Å²) < 4.78 is 11.4. The molecule has 1 atom stereocenters. The quantitative estimate of drug-likeness (QED) is 0.658. The molecule has 0 aromatic heterocycles. The van der Waals surface area contributed by atoms with E-state index in [-0.39, 0.29) is 5.60 Å². The van der Waals surface area contributed by atoms with Gasteiger partial charge in [0, 0.05) is 0 Å². The van der Waals surface area contributed by atoms with Crippen molar-refractivity contribution in [3.05, 3.63) is 48.6 Å². The molecule has 0 spiro atoms. The zero-order valence-corrected chi connectivity index (χ0v) is 12.4. The molecule has 1 rings (SSSR count). The first-order chi connectivity index (χ1) is 9.00. The molecule has 1 unspecified atom stereocenters. The average molecular weight is 260 g/mol. The van der Waals surface area contributed by atoms with Crippen molar-refractivity contribution < 1.29 is 9.47 Å². The van der Waals surface area contributed by atoms with Crippen LogP contribution in [0.2, 0.25) is 0 Å². The fraction of sp³-hybridized carbons (Fsp3) is 0.412. The van der Waals surface area contributed by atoms with Crippen molar-refractivity contribution in [3.63, 3.8) is 0 Å². The van der Waals surface area contributed by atoms with Gasteiger partial charge in [-0.2, -0.15) is 0 Å². The van der Waals surface area contributed by atoms with Crippen molar-refractivity contribution in [2.45, 2.75) is 39.2 Å². The predicted octanol–water partition coefficient (Wildman–Crippen LogP) is 4.77. The minimum atomic E-state index is -0.388. The minimum absolute atomic E-state index is 0.388.